The van der Waals surface area contributed by atoms with Gasteiger partial charge in [-0.25, -0.2) is 0 Å². The summed E-state index contributed by atoms with van der Waals surface area (Å²) in [7, 11) is 3.49. The second-order valence-electron chi connectivity index (χ2n) is 5.98. The Morgan fingerprint density at radius 1 is 1.35 bits per heavy atom. The lowest BCUT2D eigenvalue weighted by atomic mass is 9.99. The molecule has 0 saturated carbocycles. The summed E-state index contributed by atoms with van der Waals surface area (Å²) in [4.78, 5) is 25.5. The van der Waals surface area contributed by atoms with Gasteiger partial charge < -0.3 is 15.5 Å². The van der Waals surface area contributed by atoms with Crippen LogP contribution in [0.3, 0.4) is 0 Å². The van der Waals surface area contributed by atoms with Gasteiger partial charge in [-0.1, -0.05) is 12.1 Å². The van der Waals surface area contributed by atoms with Crippen molar-refractivity contribution in [1.82, 2.24) is 15.5 Å². The molecule has 1 aromatic carbocycles. The van der Waals surface area contributed by atoms with E-state index in [0.29, 0.717) is 12.1 Å². The molecule has 6 heteroatoms. The standard InChI is InChI=1S/C17H25N3O2.ClH/c1-20(2)17(22)14-6-3-5-13(11-14)8-10-19-16(21)15-7-4-9-18-12-15;/h3,5-6,11,15,18H,4,7-10,12H2,1-2H3,(H,19,21);1H. The Morgan fingerprint density at radius 2 is 2.13 bits per heavy atom. The second kappa shape index (κ2) is 9.53. The van der Waals surface area contributed by atoms with Gasteiger partial charge in [0.25, 0.3) is 5.91 Å². The van der Waals surface area contributed by atoms with Crippen molar-refractivity contribution in [2.75, 3.05) is 33.7 Å². The van der Waals surface area contributed by atoms with E-state index in [-0.39, 0.29) is 30.1 Å². The SMILES string of the molecule is CN(C)C(=O)c1cccc(CCNC(=O)C2CCCNC2)c1.Cl. The van der Waals surface area contributed by atoms with Gasteiger partial charge in [-0.2, -0.15) is 0 Å². The summed E-state index contributed by atoms with van der Waals surface area (Å²) in [5, 5.41) is 6.25. The molecule has 1 heterocycles. The molecular weight excluding hydrogens is 314 g/mol. The van der Waals surface area contributed by atoms with E-state index >= 15 is 0 Å². The second-order valence-corrected chi connectivity index (χ2v) is 5.98. The maximum Gasteiger partial charge on any atom is 0.253 e. The number of nitrogens with one attached hydrogen (secondary N) is 2. The molecule has 1 atom stereocenters. The Kier molecular flexibility index (Phi) is 8.06. The zero-order valence-electron chi connectivity index (χ0n) is 13.8. The molecule has 128 valence electrons. The molecular formula is C17H26ClN3O2. The summed E-state index contributed by atoms with van der Waals surface area (Å²) < 4.78 is 0. The van der Waals surface area contributed by atoms with Gasteiger partial charge in [-0.3, -0.25) is 9.59 Å². The number of amides is 2. The van der Waals surface area contributed by atoms with Crippen LogP contribution in [0.2, 0.25) is 0 Å². The highest BCUT2D eigenvalue weighted by atomic mass is 35.5. The maximum atomic E-state index is 12.0. The van der Waals surface area contributed by atoms with Crippen LogP contribution in [-0.4, -0.2) is 50.4 Å². The molecule has 1 aliphatic heterocycles. The number of hydrogen-bond donors (Lipinski definition) is 2. The molecule has 1 aromatic rings. The number of benzene rings is 1. The summed E-state index contributed by atoms with van der Waals surface area (Å²) in [5.41, 5.74) is 1.75. The van der Waals surface area contributed by atoms with E-state index in [1.54, 1.807) is 19.0 Å². The molecule has 0 radical (unpaired) electrons. The molecule has 0 spiro atoms. The average Bonchev–Trinajstić information content (AvgIpc) is 2.55. The van der Waals surface area contributed by atoms with Gasteiger partial charge in [0.15, 0.2) is 0 Å². The van der Waals surface area contributed by atoms with Gasteiger partial charge in [-0.15, -0.1) is 12.4 Å². The van der Waals surface area contributed by atoms with Crippen LogP contribution >= 0.6 is 12.4 Å². The highest BCUT2D eigenvalue weighted by Gasteiger charge is 2.20. The van der Waals surface area contributed by atoms with Crippen molar-refractivity contribution < 1.29 is 9.59 Å². The van der Waals surface area contributed by atoms with Crippen LogP contribution < -0.4 is 10.6 Å². The Bertz CT molecular complexity index is 528. The fourth-order valence-corrected chi connectivity index (χ4v) is 2.67. The van der Waals surface area contributed by atoms with Crippen molar-refractivity contribution in [3.05, 3.63) is 35.4 Å². The van der Waals surface area contributed by atoms with Crippen LogP contribution in [0.4, 0.5) is 0 Å². The predicted molar refractivity (Wildman–Crippen MR) is 94.0 cm³/mol. The topological polar surface area (TPSA) is 61.4 Å². The first-order chi connectivity index (χ1) is 10.6. The number of carbonyl (C=O) groups is 2. The number of nitrogens with zero attached hydrogens (tertiary/aromatic N) is 1. The molecule has 23 heavy (non-hydrogen) atoms. The van der Waals surface area contributed by atoms with Crippen LogP contribution in [0.1, 0.15) is 28.8 Å². The fraction of sp³-hybridized carbons (Fsp3) is 0.529. The third-order valence-electron chi connectivity index (χ3n) is 3.96. The first-order valence-corrected chi connectivity index (χ1v) is 7.87. The highest BCUT2D eigenvalue weighted by molar-refractivity contribution is 5.94. The summed E-state index contributed by atoms with van der Waals surface area (Å²) in [5.74, 6) is 0.224. The number of carbonyl (C=O) groups excluding carboxylic acids is 2. The lowest BCUT2D eigenvalue weighted by Gasteiger charge is -2.21. The largest absolute Gasteiger partial charge is 0.355 e. The summed E-state index contributed by atoms with van der Waals surface area (Å²) in [6, 6.07) is 7.59. The molecule has 2 N–H and O–H groups in total. The fourth-order valence-electron chi connectivity index (χ4n) is 2.67. The van der Waals surface area contributed by atoms with E-state index < -0.39 is 0 Å². The monoisotopic (exact) mass is 339 g/mol. The van der Waals surface area contributed by atoms with Crippen molar-refractivity contribution >= 4 is 24.2 Å². The summed E-state index contributed by atoms with van der Waals surface area (Å²) in [6.45, 7) is 2.39. The van der Waals surface area contributed by atoms with E-state index in [1.165, 1.54) is 0 Å². The number of piperidine rings is 1. The lowest BCUT2D eigenvalue weighted by molar-refractivity contribution is -0.125. The van der Waals surface area contributed by atoms with Crippen molar-refractivity contribution in [3.8, 4) is 0 Å². The van der Waals surface area contributed by atoms with Gasteiger partial charge in [0.05, 0.1) is 5.92 Å². The first kappa shape index (κ1) is 19.5. The van der Waals surface area contributed by atoms with Crippen LogP contribution in [0, 0.1) is 5.92 Å². The minimum Gasteiger partial charge on any atom is -0.355 e. The van der Waals surface area contributed by atoms with Crippen LogP contribution in [0.15, 0.2) is 24.3 Å². The van der Waals surface area contributed by atoms with Crippen LogP contribution in [0.5, 0.6) is 0 Å². The van der Waals surface area contributed by atoms with E-state index in [1.807, 2.05) is 24.3 Å². The highest BCUT2D eigenvalue weighted by Crippen LogP contribution is 2.10. The first-order valence-electron chi connectivity index (χ1n) is 7.87. The predicted octanol–water partition coefficient (Wildman–Crippen LogP) is 1.47. The number of hydrogen-bond acceptors (Lipinski definition) is 3. The molecule has 0 aromatic heterocycles. The Balaban J connectivity index is 0.00000264. The van der Waals surface area contributed by atoms with E-state index in [9.17, 15) is 9.59 Å². The molecule has 1 saturated heterocycles. The van der Waals surface area contributed by atoms with E-state index in [0.717, 1.165) is 37.9 Å². The van der Waals surface area contributed by atoms with Crippen molar-refractivity contribution in [1.29, 1.82) is 0 Å². The zero-order chi connectivity index (χ0) is 15.9. The van der Waals surface area contributed by atoms with Gasteiger partial charge in [0.2, 0.25) is 5.91 Å². The number of halogens is 1. The number of rotatable bonds is 5. The van der Waals surface area contributed by atoms with Crippen molar-refractivity contribution in [2.24, 2.45) is 5.92 Å². The Hall–Kier alpha value is -1.59. The average molecular weight is 340 g/mol. The molecule has 0 aliphatic carbocycles. The molecule has 1 fully saturated rings. The molecule has 1 aliphatic rings. The van der Waals surface area contributed by atoms with Crippen LogP contribution in [0.25, 0.3) is 0 Å². The minimum absolute atomic E-state index is 0. The third-order valence-corrected chi connectivity index (χ3v) is 3.96. The van der Waals surface area contributed by atoms with Gasteiger partial charge >= 0.3 is 0 Å². The van der Waals surface area contributed by atoms with Gasteiger partial charge in [0.1, 0.15) is 0 Å². The lowest BCUT2D eigenvalue weighted by Crippen LogP contribution is -2.41. The van der Waals surface area contributed by atoms with Gasteiger partial charge in [-0.05, 0) is 43.5 Å². The molecule has 2 rings (SSSR count). The molecule has 0 bridgehead atoms. The Labute approximate surface area is 144 Å². The van der Waals surface area contributed by atoms with Gasteiger partial charge in [0, 0.05) is 32.7 Å². The van der Waals surface area contributed by atoms with E-state index in [2.05, 4.69) is 10.6 Å². The summed E-state index contributed by atoms with van der Waals surface area (Å²) >= 11 is 0. The third kappa shape index (κ3) is 5.84. The smallest absolute Gasteiger partial charge is 0.253 e. The minimum atomic E-state index is -0.000773. The molecule has 1 unspecified atom stereocenters. The van der Waals surface area contributed by atoms with Crippen LogP contribution in [-0.2, 0) is 11.2 Å². The molecule has 2 amide bonds. The van der Waals surface area contributed by atoms with Crippen molar-refractivity contribution in [2.45, 2.75) is 19.3 Å². The van der Waals surface area contributed by atoms with E-state index in [4.69, 9.17) is 0 Å². The normalized spacial score (nSPS) is 17.0. The Morgan fingerprint density at radius 3 is 2.78 bits per heavy atom. The maximum absolute atomic E-state index is 12.0. The quantitative estimate of drug-likeness (QED) is 0.854. The molecule has 5 nitrogen and oxygen atoms in total. The zero-order valence-corrected chi connectivity index (χ0v) is 14.6. The van der Waals surface area contributed by atoms with Crippen molar-refractivity contribution in [3.63, 3.8) is 0 Å². The summed E-state index contributed by atoms with van der Waals surface area (Å²) in [6.07, 6.45) is 2.76.